The molecule has 0 aliphatic rings. The molecule has 3 aromatic heterocycles. The molecule has 0 N–H and O–H groups in total. The van der Waals surface area contributed by atoms with E-state index in [4.69, 9.17) is 4.11 Å². The van der Waals surface area contributed by atoms with E-state index in [1.165, 1.54) is 28.5 Å². The fraction of sp³-hybridized carbons (Fsp3) is 0.0781. The summed E-state index contributed by atoms with van der Waals surface area (Å²) < 4.78 is 23.7. The second-order valence-electron chi connectivity index (χ2n) is 16.9. The van der Waals surface area contributed by atoms with Crippen LogP contribution in [0.15, 0.2) is 201 Å². The van der Waals surface area contributed by atoms with Crippen LogP contribution in [0.2, 0.25) is 0 Å². The number of nitriles is 2. The zero-order valence-corrected chi connectivity index (χ0v) is 40.3. The molecule has 6 heteroatoms. The minimum atomic E-state index is -2.27. The first-order valence-corrected chi connectivity index (χ1v) is 22.8. The van der Waals surface area contributed by atoms with Gasteiger partial charge in [0.15, 0.2) is 0 Å². The van der Waals surface area contributed by atoms with E-state index in [0.29, 0.717) is 22.4 Å². The van der Waals surface area contributed by atoms with Crippen molar-refractivity contribution < 1.29 is 24.2 Å². The zero-order valence-electron chi connectivity index (χ0n) is 41.0. The van der Waals surface area contributed by atoms with Crippen LogP contribution >= 0.6 is 0 Å². The van der Waals surface area contributed by atoms with Gasteiger partial charge in [0.1, 0.15) is 0 Å². The van der Waals surface area contributed by atoms with Gasteiger partial charge >= 0.3 is 20.1 Å². The van der Waals surface area contributed by atoms with Gasteiger partial charge in [0.05, 0.1) is 23.3 Å². The van der Waals surface area contributed by atoms with Crippen molar-refractivity contribution >= 4 is 0 Å². The molecule has 0 radical (unpaired) electrons. The van der Waals surface area contributed by atoms with Gasteiger partial charge in [-0.2, -0.15) is 10.5 Å². The van der Waals surface area contributed by atoms with Crippen LogP contribution in [0.5, 0.6) is 0 Å². The average Bonchev–Trinajstić information content (AvgIpc) is 3.44. The number of aromatic nitrogens is 3. The summed E-state index contributed by atoms with van der Waals surface area (Å²) in [4.78, 5) is 13.6. The van der Waals surface area contributed by atoms with E-state index in [-0.39, 0.29) is 25.7 Å². The van der Waals surface area contributed by atoms with Crippen LogP contribution in [-0.4, -0.2) is 15.0 Å². The Bertz CT molecular complexity index is 3470. The Morgan fingerprint density at radius 3 is 1.51 bits per heavy atom. The summed E-state index contributed by atoms with van der Waals surface area (Å²) in [6, 6.07) is 75.4. The molecule has 0 atom stereocenters. The Labute approximate surface area is 428 Å². The van der Waals surface area contributed by atoms with Crippen LogP contribution in [0, 0.1) is 47.7 Å². The molecule has 7 aromatic carbocycles. The van der Waals surface area contributed by atoms with E-state index in [0.717, 1.165) is 92.7 Å². The molecule has 0 aliphatic heterocycles. The van der Waals surface area contributed by atoms with E-state index in [1.54, 1.807) is 42.7 Å². The molecule has 0 saturated heterocycles. The molecule has 0 saturated carbocycles. The molecule has 0 amide bonds. The van der Waals surface area contributed by atoms with Gasteiger partial charge in [0, 0.05) is 22.7 Å². The maximum absolute atomic E-state index is 9.70. The molecule has 10 aromatic rings. The largest absolute Gasteiger partial charge is 3.00 e. The number of hydrogen-bond acceptors (Lipinski definition) is 5. The van der Waals surface area contributed by atoms with Gasteiger partial charge in [-0.15, -0.1) is 94.5 Å². The Balaban J connectivity index is 0.00000656. The van der Waals surface area contributed by atoms with Crippen molar-refractivity contribution in [1.29, 1.82) is 10.5 Å². The van der Waals surface area contributed by atoms with E-state index in [9.17, 15) is 10.5 Å². The van der Waals surface area contributed by atoms with E-state index in [1.807, 2.05) is 54.6 Å². The Morgan fingerprint density at radius 1 is 0.429 bits per heavy atom. The smallest absolute Gasteiger partial charge is 0.305 e. The summed E-state index contributed by atoms with van der Waals surface area (Å²) in [5.41, 5.74) is 18.6. The van der Waals surface area contributed by atoms with Crippen molar-refractivity contribution in [3.8, 4) is 90.4 Å². The summed E-state index contributed by atoms with van der Waals surface area (Å²) in [5, 5.41) is 19.4. The quantitative estimate of drug-likeness (QED) is 0.107. The number of hydrogen-bond donors (Lipinski definition) is 0. The third kappa shape index (κ3) is 10.8. The molecular formula is C64H44IrN5. The molecule has 0 unspecified atom stereocenters. The maximum atomic E-state index is 9.70. The summed E-state index contributed by atoms with van der Waals surface area (Å²) >= 11 is 0. The third-order valence-electron chi connectivity index (χ3n) is 12.3. The summed E-state index contributed by atoms with van der Waals surface area (Å²) in [6.07, 6.45) is 8.34. The number of benzene rings is 7. The fourth-order valence-electron chi connectivity index (χ4n) is 8.76. The summed E-state index contributed by atoms with van der Waals surface area (Å²) in [7, 11) is 0. The van der Waals surface area contributed by atoms with E-state index < -0.39 is 6.85 Å². The first kappa shape index (κ1) is 42.9. The van der Waals surface area contributed by atoms with E-state index >= 15 is 0 Å². The molecule has 0 fully saturated rings. The Hall–Kier alpha value is -8.38. The predicted octanol–water partition coefficient (Wildman–Crippen LogP) is 14.6. The molecule has 5 nitrogen and oxygen atoms in total. The van der Waals surface area contributed by atoms with Crippen LogP contribution in [0.3, 0.4) is 0 Å². The molecule has 70 heavy (non-hydrogen) atoms. The molecular weight excluding hydrogens is 1030 g/mol. The van der Waals surface area contributed by atoms with Gasteiger partial charge < -0.3 is 15.0 Å². The molecule has 3 heterocycles. The monoisotopic (exact) mass is 1080 g/mol. The van der Waals surface area contributed by atoms with Gasteiger partial charge in [-0.1, -0.05) is 133 Å². The minimum Gasteiger partial charge on any atom is -0.305 e. The first-order valence-electron chi connectivity index (χ1n) is 24.3. The number of pyridine rings is 3. The minimum absolute atomic E-state index is 0. The first-order chi connectivity index (χ1) is 35.2. The summed E-state index contributed by atoms with van der Waals surface area (Å²) in [6.45, 7) is -2.27. The van der Waals surface area contributed by atoms with Crippen molar-refractivity contribution in [2.24, 2.45) is 0 Å². The second-order valence-corrected chi connectivity index (χ2v) is 16.9. The van der Waals surface area contributed by atoms with Crippen LogP contribution < -0.4 is 0 Å². The normalized spacial score (nSPS) is 11.5. The topological polar surface area (TPSA) is 86.2 Å². The van der Waals surface area contributed by atoms with Gasteiger partial charge in [-0.05, 0) is 112 Å². The average molecular weight is 1080 g/mol. The van der Waals surface area contributed by atoms with E-state index in [2.05, 4.69) is 142 Å². The Kier molecular flexibility index (Phi) is 13.3. The second kappa shape index (κ2) is 21.7. The fourth-order valence-corrected chi connectivity index (χ4v) is 8.76. The third-order valence-corrected chi connectivity index (χ3v) is 12.3. The molecule has 0 bridgehead atoms. The molecule has 334 valence electrons. The number of nitrogens with zero attached hydrogens (tertiary/aromatic N) is 5. The van der Waals surface area contributed by atoms with Crippen LogP contribution in [0.4, 0.5) is 0 Å². The molecule has 0 spiro atoms. The van der Waals surface area contributed by atoms with Crippen molar-refractivity contribution in [3.63, 3.8) is 0 Å². The van der Waals surface area contributed by atoms with Crippen molar-refractivity contribution in [3.05, 3.63) is 258 Å². The predicted molar refractivity (Wildman–Crippen MR) is 276 cm³/mol. The number of aryl methyl sites for hydroxylation is 5. The van der Waals surface area contributed by atoms with Crippen molar-refractivity contribution in [2.45, 2.75) is 32.5 Å². The zero-order chi connectivity index (χ0) is 49.4. The standard InChI is InChI=1S/C64H44N5.Ir/c1-44-12-31-64(69-43-44)55-29-30-60(61(40-55)52-27-25-51(26-28-52)56-38-49(41-65)35-50(39-56)42-66)59-9-3-2-8-58(59)57-36-47(15-13-45-17-21-53(22-18-45)62-10-4-6-32-67-62)34-48(37-57)16-14-46-19-23-54(24-20-46)63-11-5-7-33-68-63;/h2-12,17-21,23,25-28,30-40,43H,13-16H2,1H3;/q-3;+3/i1D3;. The van der Waals surface area contributed by atoms with Crippen LogP contribution in [-0.2, 0) is 45.8 Å². The SMILES string of the molecule is [2H]C([2H])([2H])c1ccc(-c2[c-]cc(-c3ccccc3-c3cc(CCc4c[c-]c(-c5ccccn5)cc4)cc(CCc4c[c-]c(-c5ccccn5)cc4)c3)c(-c3ccc(-c4cc(C#N)cc(C#N)c4)cc3)c2)nc1.[Ir+3]. The van der Waals surface area contributed by atoms with Gasteiger partial charge in [0.25, 0.3) is 0 Å². The molecule has 0 aliphatic carbocycles. The van der Waals surface area contributed by atoms with Gasteiger partial charge in [0.2, 0.25) is 0 Å². The Morgan fingerprint density at radius 2 is 0.986 bits per heavy atom. The maximum Gasteiger partial charge on any atom is 3.00 e. The van der Waals surface area contributed by atoms with Crippen molar-refractivity contribution in [1.82, 2.24) is 15.0 Å². The van der Waals surface area contributed by atoms with Gasteiger partial charge in [-0.25, -0.2) is 0 Å². The van der Waals surface area contributed by atoms with Crippen LogP contribution in [0.1, 0.15) is 43.1 Å². The number of rotatable bonds is 13. The van der Waals surface area contributed by atoms with Gasteiger partial charge in [-0.3, -0.25) is 0 Å². The van der Waals surface area contributed by atoms with Crippen molar-refractivity contribution in [2.75, 3.05) is 0 Å². The van der Waals surface area contributed by atoms with Crippen LogP contribution in [0.25, 0.3) is 78.3 Å². The molecule has 10 rings (SSSR count). The summed E-state index contributed by atoms with van der Waals surface area (Å²) in [5.74, 6) is 0.